The van der Waals surface area contributed by atoms with Crippen molar-refractivity contribution in [1.29, 1.82) is 0 Å². The highest BCUT2D eigenvalue weighted by Gasteiger charge is 2.04. The lowest BCUT2D eigenvalue weighted by atomic mass is 11.4. The summed E-state index contributed by atoms with van der Waals surface area (Å²) in [4.78, 5) is 9.36. The number of halogens is 2. The zero-order chi connectivity index (χ0) is 5.98. The van der Waals surface area contributed by atoms with Gasteiger partial charge in [-0.1, -0.05) is 0 Å². The molecule has 6 heteroatoms. The van der Waals surface area contributed by atoms with Crippen molar-refractivity contribution in [3.05, 3.63) is 0 Å². The van der Waals surface area contributed by atoms with Crippen LogP contribution in [0.5, 0.6) is 0 Å². The van der Waals surface area contributed by atoms with Crippen LogP contribution in [0.2, 0.25) is 0 Å². The molecule has 1 aliphatic heterocycles. The zero-order valence-corrected chi connectivity index (χ0v) is 6.64. The van der Waals surface area contributed by atoms with Crippen LogP contribution < -0.4 is 0 Å². The molecule has 0 atom stereocenters. The van der Waals surface area contributed by atoms with Crippen molar-refractivity contribution in [2.45, 2.75) is 0 Å². The Kier molecular flexibility index (Phi) is 1.85. The van der Waals surface area contributed by atoms with E-state index in [1.807, 2.05) is 0 Å². The summed E-state index contributed by atoms with van der Waals surface area (Å²) >= 11 is 5.78. The Morgan fingerprint density at radius 2 is 1.38 bits per heavy atom. The van der Waals surface area contributed by atoms with E-state index in [0.717, 1.165) is 0 Å². The maximum atomic E-state index is 4.47. The highest BCUT2D eigenvalue weighted by atomic mass is 79.9. The third-order valence-corrected chi connectivity index (χ3v) is 0.965. The molecule has 8 heavy (non-hydrogen) atoms. The summed E-state index contributed by atoms with van der Waals surface area (Å²) in [6.07, 6.45) is 0. The first-order valence-corrected chi connectivity index (χ1v) is 3.18. The first-order chi connectivity index (χ1) is 3.79. The van der Waals surface area contributed by atoms with Gasteiger partial charge in [0.1, 0.15) is 0 Å². The van der Waals surface area contributed by atoms with Crippen LogP contribution in [0.25, 0.3) is 0 Å². The average Bonchev–Trinajstić information content (AvgIpc) is 1.77. The lowest BCUT2D eigenvalue weighted by Gasteiger charge is -2.00. The van der Waals surface area contributed by atoms with Gasteiger partial charge in [-0.2, -0.15) is 0 Å². The second kappa shape index (κ2) is 2.45. The second-order valence-corrected chi connectivity index (χ2v) is 2.23. The number of oxime groups is 2. The van der Waals surface area contributed by atoms with Gasteiger partial charge in [0.25, 0.3) is 0 Å². The minimum absolute atomic E-state index is 0.209. The Morgan fingerprint density at radius 1 is 1.00 bits per heavy atom. The highest BCUT2D eigenvalue weighted by Crippen LogP contribution is 2.05. The second-order valence-electron chi connectivity index (χ2n) is 0.871. The van der Waals surface area contributed by atoms with Crippen molar-refractivity contribution in [1.82, 2.24) is 0 Å². The van der Waals surface area contributed by atoms with Gasteiger partial charge in [-0.15, -0.1) is 0 Å². The molecule has 0 amide bonds. The van der Waals surface area contributed by atoms with E-state index in [1.54, 1.807) is 0 Å². The SMILES string of the molecule is BrC1=NOC(Br)=NO1. The van der Waals surface area contributed by atoms with Crippen LogP contribution in [-0.2, 0) is 9.68 Å². The smallest absolute Gasteiger partial charge is 0.321 e. The molecule has 1 aliphatic rings. The van der Waals surface area contributed by atoms with Crippen LogP contribution in [0.4, 0.5) is 0 Å². The topological polar surface area (TPSA) is 43.2 Å². The van der Waals surface area contributed by atoms with Crippen LogP contribution in [0.1, 0.15) is 0 Å². The Morgan fingerprint density at radius 3 is 1.62 bits per heavy atom. The van der Waals surface area contributed by atoms with E-state index in [0.29, 0.717) is 0 Å². The number of nitrogens with zero attached hydrogens (tertiary/aromatic N) is 2. The number of rotatable bonds is 0. The van der Waals surface area contributed by atoms with Crippen LogP contribution >= 0.6 is 31.9 Å². The molecule has 1 rings (SSSR count). The Balaban J connectivity index is 2.54. The maximum Gasteiger partial charge on any atom is 0.326 e. The van der Waals surface area contributed by atoms with Crippen LogP contribution in [0.15, 0.2) is 10.3 Å². The fourth-order valence-corrected chi connectivity index (χ4v) is 0.470. The van der Waals surface area contributed by atoms with Crippen molar-refractivity contribution in [2.24, 2.45) is 10.3 Å². The molecule has 4 nitrogen and oxygen atoms in total. The van der Waals surface area contributed by atoms with Crippen LogP contribution in [0, 0.1) is 0 Å². The first-order valence-electron chi connectivity index (χ1n) is 1.60. The summed E-state index contributed by atoms with van der Waals surface area (Å²) in [5.41, 5.74) is 0. The molecular formula is C2Br2N2O2. The Bertz CT molecular complexity index is 136. The van der Waals surface area contributed by atoms with Gasteiger partial charge in [0.15, 0.2) is 0 Å². The molecule has 0 radical (unpaired) electrons. The van der Waals surface area contributed by atoms with E-state index in [2.05, 4.69) is 51.8 Å². The van der Waals surface area contributed by atoms with E-state index < -0.39 is 0 Å². The summed E-state index contributed by atoms with van der Waals surface area (Å²) in [5, 5.41) is 6.69. The quantitative estimate of drug-likeness (QED) is 0.645. The molecule has 0 aliphatic carbocycles. The molecule has 0 aromatic carbocycles. The summed E-state index contributed by atoms with van der Waals surface area (Å²) in [6.45, 7) is 0. The molecule has 0 aromatic heterocycles. The molecule has 0 spiro atoms. The lowest BCUT2D eigenvalue weighted by Crippen LogP contribution is -2.02. The van der Waals surface area contributed by atoms with Gasteiger partial charge < -0.3 is 9.68 Å². The van der Waals surface area contributed by atoms with Crippen molar-refractivity contribution < 1.29 is 9.68 Å². The molecule has 0 aromatic rings. The fraction of sp³-hybridized carbons (Fsp3) is 0. The number of hydrogen-bond acceptors (Lipinski definition) is 4. The van der Waals surface area contributed by atoms with Gasteiger partial charge in [-0.05, 0) is 10.3 Å². The van der Waals surface area contributed by atoms with Crippen molar-refractivity contribution in [3.8, 4) is 0 Å². The molecule has 0 bridgehead atoms. The molecular weight excluding hydrogens is 244 g/mol. The fourth-order valence-electron chi connectivity index (χ4n) is 0.180. The van der Waals surface area contributed by atoms with E-state index in [9.17, 15) is 0 Å². The van der Waals surface area contributed by atoms with E-state index in [-0.39, 0.29) is 9.61 Å². The van der Waals surface area contributed by atoms with Crippen molar-refractivity contribution >= 4 is 41.5 Å². The largest absolute Gasteiger partial charge is 0.326 e. The Hall–Kier alpha value is -0.100. The van der Waals surface area contributed by atoms with Crippen molar-refractivity contribution in [3.63, 3.8) is 0 Å². The summed E-state index contributed by atoms with van der Waals surface area (Å²) in [6, 6.07) is 0. The molecule has 0 saturated carbocycles. The third kappa shape index (κ3) is 1.45. The molecule has 0 unspecified atom stereocenters. The lowest BCUT2D eigenvalue weighted by molar-refractivity contribution is 0.235. The van der Waals surface area contributed by atoms with E-state index in [1.165, 1.54) is 0 Å². The van der Waals surface area contributed by atoms with Crippen LogP contribution in [0.3, 0.4) is 0 Å². The summed E-state index contributed by atoms with van der Waals surface area (Å²) < 4.78 is 0. The maximum absolute atomic E-state index is 4.47. The standard InChI is InChI=1S/C2Br2N2O2/c3-1-5-8-2(4)6-7-1. The van der Waals surface area contributed by atoms with Gasteiger partial charge in [0, 0.05) is 31.9 Å². The van der Waals surface area contributed by atoms with Gasteiger partial charge >= 0.3 is 9.61 Å². The van der Waals surface area contributed by atoms with Crippen LogP contribution in [-0.4, -0.2) is 9.61 Å². The normalized spacial score (nSPS) is 17.8. The molecule has 1 heterocycles. The molecule has 44 valence electrons. The highest BCUT2D eigenvalue weighted by molar-refractivity contribution is 9.18. The van der Waals surface area contributed by atoms with Gasteiger partial charge in [-0.3, -0.25) is 0 Å². The third-order valence-electron chi connectivity index (χ3n) is 0.385. The van der Waals surface area contributed by atoms with Gasteiger partial charge in [0.2, 0.25) is 0 Å². The molecule has 0 saturated heterocycles. The monoisotopic (exact) mass is 242 g/mol. The minimum atomic E-state index is 0.209. The van der Waals surface area contributed by atoms with E-state index >= 15 is 0 Å². The molecule has 0 N–H and O–H groups in total. The number of hydrogen-bond donors (Lipinski definition) is 0. The zero-order valence-electron chi connectivity index (χ0n) is 3.47. The molecule has 0 fully saturated rings. The van der Waals surface area contributed by atoms with Crippen molar-refractivity contribution in [2.75, 3.05) is 0 Å². The predicted molar refractivity (Wildman–Crippen MR) is 34.9 cm³/mol. The predicted octanol–water partition coefficient (Wildman–Crippen LogP) is 1.36. The van der Waals surface area contributed by atoms with Gasteiger partial charge in [-0.25, -0.2) is 0 Å². The summed E-state index contributed by atoms with van der Waals surface area (Å²) in [7, 11) is 0. The average molecular weight is 244 g/mol. The van der Waals surface area contributed by atoms with E-state index in [4.69, 9.17) is 0 Å². The minimum Gasteiger partial charge on any atom is -0.321 e. The Labute approximate surface area is 61.8 Å². The first kappa shape index (κ1) is 6.03. The van der Waals surface area contributed by atoms with Gasteiger partial charge in [0.05, 0.1) is 0 Å². The summed E-state index contributed by atoms with van der Waals surface area (Å²) in [5.74, 6) is 0.